The standard InChI is InChI=1S/C20H22BrNO3/c1-13-8-17(23)9-14(2)22(13)11-18(21)16-6-7-19(24-3)20(10-16)25-12-15-4-5-15/h6-11,15H,4-5,12H2,1-3H3/b18-11-. The summed E-state index contributed by atoms with van der Waals surface area (Å²) in [4.78, 5) is 11.6. The number of aryl methyl sites for hydroxylation is 2. The van der Waals surface area contributed by atoms with Gasteiger partial charge in [-0.1, -0.05) is 0 Å². The minimum absolute atomic E-state index is 0.0241. The summed E-state index contributed by atoms with van der Waals surface area (Å²) in [5, 5.41) is 0. The van der Waals surface area contributed by atoms with Crippen molar-refractivity contribution in [1.29, 1.82) is 0 Å². The molecule has 3 rings (SSSR count). The average Bonchev–Trinajstić information content (AvgIpc) is 3.40. The molecular weight excluding hydrogens is 382 g/mol. The first-order valence-electron chi connectivity index (χ1n) is 8.36. The molecule has 1 aliphatic rings. The molecule has 0 bridgehead atoms. The molecule has 132 valence electrons. The Morgan fingerprint density at radius 1 is 1.20 bits per heavy atom. The van der Waals surface area contributed by atoms with Gasteiger partial charge in [0.2, 0.25) is 0 Å². The number of nitrogens with zero attached hydrogens (tertiary/aromatic N) is 1. The number of aromatic nitrogens is 1. The van der Waals surface area contributed by atoms with Gasteiger partial charge in [0.1, 0.15) is 0 Å². The summed E-state index contributed by atoms with van der Waals surface area (Å²) in [7, 11) is 1.65. The van der Waals surface area contributed by atoms with Crippen LogP contribution in [-0.2, 0) is 0 Å². The van der Waals surface area contributed by atoms with E-state index in [-0.39, 0.29) is 5.43 Å². The molecular formula is C20H22BrNO3. The van der Waals surface area contributed by atoms with Gasteiger partial charge in [-0.2, -0.15) is 0 Å². The minimum atomic E-state index is 0.0241. The molecule has 1 heterocycles. The molecule has 25 heavy (non-hydrogen) atoms. The van der Waals surface area contributed by atoms with Gasteiger partial charge in [0.15, 0.2) is 16.9 Å². The zero-order chi connectivity index (χ0) is 18.0. The Kier molecular flexibility index (Phi) is 5.33. The number of hydrogen-bond donors (Lipinski definition) is 0. The van der Waals surface area contributed by atoms with E-state index >= 15 is 0 Å². The number of methoxy groups -OCH3 is 1. The van der Waals surface area contributed by atoms with Crippen LogP contribution in [0.2, 0.25) is 0 Å². The van der Waals surface area contributed by atoms with Crippen LogP contribution in [0.3, 0.4) is 0 Å². The lowest BCUT2D eigenvalue weighted by Crippen LogP contribution is -2.08. The minimum Gasteiger partial charge on any atom is -0.493 e. The van der Waals surface area contributed by atoms with Crippen molar-refractivity contribution in [3.05, 3.63) is 57.5 Å². The summed E-state index contributed by atoms with van der Waals surface area (Å²) in [6, 6.07) is 9.13. The van der Waals surface area contributed by atoms with Crippen molar-refractivity contribution in [2.45, 2.75) is 26.7 Å². The quantitative estimate of drug-likeness (QED) is 0.706. The molecule has 1 fully saturated rings. The van der Waals surface area contributed by atoms with Crippen LogP contribution in [-0.4, -0.2) is 18.3 Å². The third kappa shape index (κ3) is 4.34. The van der Waals surface area contributed by atoms with Crippen LogP contribution < -0.4 is 14.9 Å². The maximum Gasteiger partial charge on any atom is 0.182 e. The van der Waals surface area contributed by atoms with Crippen LogP contribution in [0.4, 0.5) is 0 Å². The molecule has 0 spiro atoms. The first kappa shape index (κ1) is 17.8. The lowest BCUT2D eigenvalue weighted by atomic mass is 10.2. The first-order chi connectivity index (χ1) is 12.0. The summed E-state index contributed by atoms with van der Waals surface area (Å²) in [6.07, 6.45) is 4.46. The van der Waals surface area contributed by atoms with Gasteiger partial charge in [-0.3, -0.25) is 4.79 Å². The topological polar surface area (TPSA) is 40.5 Å². The highest BCUT2D eigenvalue weighted by atomic mass is 79.9. The number of pyridine rings is 1. The fourth-order valence-corrected chi connectivity index (χ4v) is 3.14. The smallest absolute Gasteiger partial charge is 0.182 e. The lowest BCUT2D eigenvalue weighted by molar-refractivity contribution is 0.280. The number of ether oxygens (including phenoxy) is 2. The monoisotopic (exact) mass is 403 g/mol. The van der Waals surface area contributed by atoms with Crippen molar-refractivity contribution in [3.63, 3.8) is 0 Å². The van der Waals surface area contributed by atoms with Crippen LogP contribution in [0.15, 0.2) is 35.1 Å². The molecule has 1 aliphatic carbocycles. The van der Waals surface area contributed by atoms with E-state index in [1.165, 1.54) is 12.8 Å². The fraction of sp³-hybridized carbons (Fsp3) is 0.350. The van der Waals surface area contributed by atoms with Gasteiger partial charge in [-0.15, -0.1) is 0 Å². The Morgan fingerprint density at radius 2 is 1.88 bits per heavy atom. The predicted molar refractivity (Wildman–Crippen MR) is 104 cm³/mol. The molecule has 2 aromatic rings. The van der Waals surface area contributed by atoms with Crippen molar-refractivity contribution >= 4 is 26.6 Å². The van der Waals surface area contributed by atoms with E-state index in [0.29, 0.717) is 5.92 Å². The van der Waals surface area contributed by atoms with Gasteiger partial charge in [-0.05, 0) is 72.3 Å². The van der Waals surface area contributed by atoms with E-state index in [9.17, 15) is 4.79 Å². The lowest BCUT2D eigenvalue weighted by Gasteiger charge is -2.13. The summed E-state index contributed by atoms with van der Waals surface area (Å²) < 4.78 is 14.2. The van der Waals surface area contributed by atoms with Crippen molar-refractivity contribution < 1.29 is 9.47 Å². The van der Waals surface area contributed by atoms with Crippen LogP contribution in [0, 0.1) is 19.8 Å². The molecule has 0 radical (unpaired) electrons. The SMILES string of the molecule is COc1ccc(/C(Br)=C/n2c(C)cc(=O)cc2C)cc1OCC1CC1. The van der Waals surface area contributed by atoms with E-state index in [2.05, 4.69) is 15.9 Å². The van der Waals surface area contributed by atoms with Crippen LogP contribution in [0.1, 0.15) is 29.8 Å². The first-order valence-corrected chi connectivity index (χ1v) is 9.15. The summed E-state index contributed by atoms with van der Waals surface area (Å²) in [6.45, 7) is 4.58. The van der Waals surface area contributed by atoms with E-state index in [1.54, 1.807) is 19.2 Å². The van der Waals surface area contributed by atoms with E-state index in [0.717, 1.165) is 39.5 Å². The average molecular weight is 404 g/mol. The Balaban J connectivity index is 1.92. The number of halogens is 1. The van der Waals surface area contributed by atoms with Crippen molar-refractivity contribution in [2.24, 2.45) is 5.92 Å². The van der Waals surface area contributed by atoms with Crippen molar-refractivity contribution in [3.8, 4) is 11.5 Å². The van der Waals surface area contributed by atoms with Crippen molar-refractivity contribution in [2.75, 3.05) is 13.7 Å². The van der Waals surface area contributed by atoms with Crippen LogP contribution in [0.25, 0.3) is 10.7 Å². The van der Waals surface area contributed by atoms with Crippen molar-refractivity contribution in [1.82, 2.24) is 4.57 Å². The summed E-state index contributed by atoms with van der Waals surface area (Å²) in [5.74, 6) is 2.17. The molecule has 1 saturated carbocycles. The Bertz CT molecular complexity index is 839. The number of benzene rings is 1. The molecule has 0 amide bonds. The summed E-state index contributed by atoms with van der Waals surface area (Å²) >= 11 is 3.65. The van der Waals surface area contributed by atoms with Crippen LogP contribution >= 0.6 is 15.9 Å². The maximum absolute atomic E-state index is 11.6. The molecule has 5 heteroatoms. The highest BCUT2D eigenvalue weighted by Gasteiger charge is 2.22. The second-order valence-electron chi connectivity index (χ2n) is 6.44. The Morgan fingerprint density at radius 3 is 2.48 bits per heavy atom. The molecule has 0 N–H and O–H groups in total. The maximum atomic E-state index is 11.6. The second-order valence-corrected chi connectivity index (χ2v) is 7.30. The third-order valence-electron chi connectivity index (χ3n) is 4.32. The highest BCUT2D eigenvalue weighted by Crippen LogP contribution is 2.35. The van der Waals surface area contributed by atoms with Gasteiger partial charge in [0.25, 0.3) is 0 Å². The molecule has 0 saturated heterocycles. The van der Waals surface area contributed by atoms with Gasteiger partial charge in [0, 0.05) is 34.2 Å². The van der Waals surface area contributed by atoms with Gasteiger partial charge < -0.3 is 14.0 Å². The third-order valence-corrected chi connectivity index (χ3v) is 4.98. The van der Waals surface area contributed by atoms with E-state index in [4.69, 9.17) is 9.47 Å². The van der Waals surface area contributed by atoms with Gasteiger partial charge in [0.05, 0.1) is 13.7 Å². The summed E-state index contributed by atoms with van der Waals surface area (Å²) in [5.41, 5.74) is 2.79. The Hall–Kier alpha value is -2.01. The van der Waals surface area contributed by atoms with E-state index in [1.807, 2.05) is 42.8 Å². The zero-order valence-corrected chi connectivity index (χ0v) is 16.3. The Labute approximate surface area is 156 Å². The normalized spacial score (nSPS) is 14.5. The zero-order valence-electron chi connectivity index (χ0n) is 14.7. The molecule has 0 unspecified atom stereocenters. The fourth-order valence-electron chi connectivity index (χ4n) is 2.69. The molecule has 4 nitrogen and oxygen atoms in total. The van der Waals surface area contributed by atoms with Crippen LogP contribution in [0.5, 0.6) is 11.5 Å². The molecule has 1 aromatic carbocycles. The highest BCUT2D eigenvalue weighted by molar-refractivity contribution is 9.15. The van der Waals surface area contributed by atoms with E-state index < -0.39 is 0 Å². The second kappa shape index (κ2) is 7.48. The van der Waals surface area contributed by atoms with Gasteiger partial charge >= 0.3 is 0 Å². The molecule has 1 aromatic heterocycles. The largest absolute Gasteiger partial charge is 0.493 e. The molecule has 0 atom stereocenters. The number of hydrogen-bond acceptors (Lipinski definition) is 3. The van der Waals surface area contributed by atoms with Gasteiger partial charge in [-0.25, -0.2) is 0 Å². The predicted octanol–water partition coefficient (Wildman–Crippen LogP) is 4.61. The number of rotatable bonds is 6. The molecule has 0 aliphatic heterocycles.